The summed E-state index contributed by atoms with van der Waals surface area (Å²) in [6.45, 7) is 10.1. The third-order valence-electron chi connectivity index (χ3n) is 4.30. The van der Waals surface area contributed by atoms with Crippen molar-refractivity contribution in [1.29, 1.82) is 0 Å². The number of carbonyl (C=O) groups excluding carboxylic acids is 2. The monoisotopic (exact) mass is 366 g/mol. The maximum absolute atomic E-state index is 13.4. The van der Waals surface area contributed by atoms with Gasteiger partial charge in [-0.3, -0.25) is 9.59 Å². The van der Waals surface area contributed by atoms with Crippen molar-refractivity contribution in [3.8, 4) is 0 Å². The molecule has 0 heterocycles. The van der Waals surface area contributed by atoms with Gasteiger partial charge in [0, 0.05) is 18.7 Å². The van der Waals surface area contributed by atoms with E-state index < -0.39 is 5.82 Å². The Balaban J connectivity index is 2.65. The van der Waals surface area contributed by atoms with Gasteiger partial charge >= 0.3 is 5.97 Å². The lowest BCUT2D eigenvalue weighted by atomic mass is 10.1. The number of rotatable bonds is 12. The Kier molecular flexibility index (Phi) is 10.5. The zero-order valence-corrected chi connectivity index (χ0v) is 16.2. The Hall–Kier alpha value is -1.95. The topological polar surface area (TPSA) is 49.9 Å². The fourth-order valence-corrected chi connectivity index (χ4v) is 2.76. The average molecular weight is 366 g/mol. The van der Waals surface area contributed by atoms with Crippen molar-refractivity contribution in [3.05, 3.63) is 35.6 Å². The van der Waals surface area contributed by atoms with E-state index >= 15 is 0 Å². The fraction of sp³-hybridized carbons (Fsp3) is 0.600. The minimum absolute atomic E-state index is 0.144. The Morgan fingerprint density at radius 1 is 1.04 bits per heavy atom. The second-order valence-electron chi connectivity index (χ2n) is 6.09. The molecule has 1 aromatic rings. The summed E-state index contributed by atoms with van der Waals surface area (Å²) >= 11 is 0. The van der Waals surface area contributed by atoms with Gasteiger partial charge in [-0.05, 0) is 57.6 Å². The molecule has 1 rings (SSSR count). The molecule has 26 heavy (non-hydrogen) atoms. The van der Waals surface area contributed by atoms with Gasteiger partial charge in [0.05, 0.1) is 13.0 Å². The van der Waals surface area contributed by atoms with Crippen molar-refractivity contribution in [2.75, 3.05) is 39.3 Å². The Morgan fingerprint density at radius 2 is 1.73 bits per heavy atom. The number of ether oxygens (including phenoxy) is 1. The molecule has 6 heteroatoms. The molecule has 0 aliphatic rings. The molecule has 0 atom stereocenters. The van der Waals surface area contributed by atoms with Crippen molar-refractivity contribution >= 4 is 11.9 Å². The maximum Gasteiger partial charge on any atom is 0.307 e. The predicted octanol–water partition coefficient (Wildman–Crippen LogP) is 3.34. The van der Waals surface area contributed by atoms with Crippen LogP contribution in [0.2, 0.25) is 0 Å². The van der Waals surface area contributed by atoms with Crippen LogP contribution in [0.4, 0.5) is 4.39 Å². The number of hydrogen-bond donors (Lipinski definition) is 0. The van der Waals surface area contributed by atoms with E-state index in [4.69, 9.17) is 4.74 Å². The lowest BCUT2D eigenvalue weighted by Gasteiger charge is -2.24. The number of amides is 1. The van der Waals surface area contributed by atoms with Crippen LogP contribution >= 0.6 is 0 Å². The molecule has 0 aromatic heterocycles. The Bertz CT molecular complexity index is 562. The van der Waals surface area contributed by atoms with Gasteiger partial charge in [-0.1, -0.05) is 19.9 Å². The first-order chi connectivity index (χ1) is 12.5. The summed E-state index contributed by atoms with van der Waals surface area (Å²) in [5, 5.41) is 0. The molecule has 0 radical (unpaired) electrons. The minimum Gasteiger partial charge on any atom is -0.466 e. The molecule has 0 unspecified atom stereocenters. The lowest BCUT2D eigenvalue weighted by Crippen LogP contribution is -2.34. The zero-order valence-electron chi connectivity index (χ0n) is 16.2. The molecule has 0 aliphatic carbocycles. The highest BCUT2D eigenvalue weighted by atomic mass is 19.1. The van der Waals surface area contributed by atoms with Gasteiger partial charge in [-0.25, -0.2) is 4.39 Å². The Labute approximate surface area is 156 Å². The fourth-order valence-electron chi connectivity index (χ4n) is 2.76. The molecule has 5 nitrogen and oxygen atoms in total. The number of benzene rings is 1. The van der Waals surface area contributed by atoms with Crippen LogP contribution in [0.3, 0.4) is 0 Å². The summed E-state index contributed by atoms with van der Waals surface area (Å²) in [5.41, 5.74) is 0.303. The normalized spacial score (nSPS) is 10.8. The molecule has 1 amide bonds. The number of carbonyl (C=O) groups is 2. The SMILES string of the molecule is CCOC(=O)CCN(CCCCN(CC)CC)C(=O)c1cccc(F)c1. The summed E-state index contributed by atoms with van der Waals surface area (Å²) in [5.74, 6) is -1.02. The van der Waals surface area contributed by atoms with Crippen molar-refractivity contribution in [1.82, 2.24) is 9.80 Å². The first-order valence-corrected chi connectivity index (χ1v) is 9.44. The van der Waals surface area contributed by atoms with E-state index in [2.05, 4.69) is 18.7 Å². The lowest BCUT2D eigenvalue weighted by molar-refractivity contribution is -0.143. The van der Waals surface area contributed by atoms with Gasteiger partial charge in [0.25, 0.3) is 5.91 Å². The first kappa shape index (κ1) is 22.1. The van der Waals surface area contributed by atoms with Crippen molar-refractivity contribution in [3.63, 3.8) is 0 Å². The minimum atomic E-state index is -0.442. The van der Waals surface area contributed by atoms with Crippen LogP contribution in [0, 0.1) is 5.82 Å². The van der Waals surface area contributed by atoms with E-state index in [9.17, 15) is 14.0 Å². The molecule has 146 valence electrons. The summed E-state index contributed by atoms with van der Waals surface area (Å²) < 4.78 is 18.4. The van der Waals surface area contributed by atoms with Crippen molar-refractivity contribution in [2.24, 2.45) is 0 Å². The highest BCUT2D eigenvalue weighted by Gasteiger charge is 2.17. The van der Waals surface area contributed by atoms with E-state index in [1.807, 2.05) is 0 Å². The van der Waals surface area contributed by atoms with Gasteiger partial charge in [-0.15, -0.1) is 0 Å². The highest BCUT2D eigenvalue weighted by molar-refractivity contribution is 5.94. The largest absolute Gasteiger partial charge is 0.466 e. The maximum atomic E-state index is 13.4. The highest BCUT2D eigenvalue weighted by Crippen LogP contribution is 2.10. The molecule has 0 fully saturated rings. The number of esters is 1. The van der Waals surface area contributed by atoms with Crippen LogP contribution in [0.5, 0.6) is 0 Å². The van der Waals surface area contributed by atoms with Crippen molar-refractivity contribution in [2.45, 2.75) is 40.0 Å². The molecule has 0 spiro atoms. The summed E-state index contributed by atoms with van der Waals surface area (Å²) in [7, 11) is 0. The molecule has 0 N–H and O–H groups in total. The molecular formula is C20H31FN2O3. The van der Waals surface area contributed by atoms with Gasteiger partial charge < -0.3 is 14.5 Å². The van der Waals surface area contributed by atoms with Gasteiger partial charge in [0.1, 0.15) is 5.82 Å². The zero-order chi connectivity index (χ0) is 19.4. The van der Waals surface area contributed by atoms with Crippen LogP contribution in [0.15, 0.2) is 24.3 Å². The van der Waals surface area contributed by atoms with Crippen LogP contribution in [-0.2, 0) is 9.53 Å². The average Bonchev–Trinajstić information content (AvgIpc) is 2.64. The molecule has 0 saturated carbocycles. The smallest absolute Gasteiger partial charge is 0.307 e. The molecule has 1 aromatic carbocycles. The number of nitrogens with zero attached hydrogens (tertiary/aromatic N) is 2. The van der Waals surface area contributed by atoms with Crippen molar-refractivity contribution < 1.29 is 18.7 Å². The third kappa shape index (κ3) is 7.95. The second kappa shape index (κ2) is 12.4. The van der Waals surface area contributed by atoms with E-state index in [0.29, 0.717) is 18.7 Å². The van der Waals surface area contributed by atoms with Gasteiger partial charge in [0.2, 0.25) is 0 Å². The summed E-state index contributed by atoms with van der Waals surface area (Å²) in [6, 6.07) is 5.66. The van der Waals surface area contributed by atoms with Gasteiger partial charge in [-0.2, -0.15) is 0 Å². The van der Waals surface area contributed by atoms with E-state index in [1.165, 1.54) is 18.2 Å². The number of unbranched alkanes of at least 4 members (excludes halogenated alkanes) is 1. The van der Waals surface area contributed by atoms with E-state index in [1.54, 1.807) is 17.9 Å². The Morgan fingerprint density at radius 3 is 2.35 bits per heavy atom. The summed E-state index contributed by atoms with van der Waals surface area (Å²) in [6.07, 6.45) is 1.94. The van der Waals surface area contributed by atoms with E-state index in [0.717, 1.165) is 32.5 Å². The van der Waals surface area contributed by atoms with Crippen LogP contribution < -0.4 is 0 Å². The standard InChI is InChI=1S/C20H31FN2O3/c1-4-22(5-2)13-7-8-14-23(15-12-19(24)26-6-3)20(25)17-10-9-11-18(21)16-17/h9-11,16H,4-8,12-15H2,1-3H3. The predicted molar refractivity (Wildman–Crippen MR) is 101 cm³/mol. The second-order valence-corrected chi connectivity index (χ2v) is 6.09. The third-order valence-corrected chi connectivity index (χ3v) is 4.30. The first-order valence-electron chi connectivity index (χ1n) is 9.44. The van der Waals surface area contributed by atoms with E-state index in [-0.39, 0.29) is 24.8 Å². The van der Waals surface area contributed by atoms with Crippen LogP contribution in [-0.4, -0.2) is 61.0 Å². The molecule has 0 aliphatic heterocycles. The number of hydrogen-bond acceptors (Lipinski definition) is 4. The quantitative estimate of drug-likeness (QED) is 0.420. The van der Waals surface area contributed by atoms with Crippen LogP contribution in [0.25, 0.3) is 0 Å². The molecular weight excluding hydrogens is 335 g/mol. The number of halogens is 1. The van der Waals surface area contributed by atoms with Gasteiger partial charge in [0.15, 0.2) is 0 Å². The molecule has 0 bridgehead atoms. The van der Waals surface area contributed by atoms with Crippen LogP contribution in [0.1, 0.15) is 50.4 Å². The molecule has 0 saturated heterocycles. The summed E-state index contributed by atoms with van der Waals surface area (Å²) in [4.78, 5) is 28.3.